The molecule has 0 radical (unpaired) electrons. The summed E-state index contributed by atoms with van der Waals surface area (Å²) in [5, 5.41) is 10.2. The van der Waals surface area contributed by atoms with Crippen molar-refractivity contribution >= 4 is 11.6 Å². The summed E-state index contributed by atoms with van der Waals surface area (Å²) in [5.74, 6) is 0.337. The summed E-state index contributed by atoms with van der Waals surface area (Å²) >= 11 is 0. The minimum atomic E-state index is -0.0174. The number of fused-ring (bicyclic) bond motifs is 3. The van der Waals surface area contributed by atoms with Gasteiger partial charge in [0.05, 0.1) is 25.1 Å². The fourth-order valence-corrected chi connectivity index (χ4v) is 5.32. The third kappa shape index (κ3) is 3.49. The van der Waals surface area contributed by atoms with Gasteiger partial charge < -0.3 is 14.9 Å². The van der Waals surface area contributed by atoms with E-state index in [-0.39, 0.29) is 30.5 Å². The molecule has 2 aliphatic heterocycles. The first kappa shape index (κ1) is 19.8. The molecule has 0 bridgehead atoms. The Balaban J connectivity index is 1.54. The number of pyridine rings is 1. The van der Waals surface area contributed by atoms with Crippen LogP contribution in [0.2, 0.25) is 0 Å². The third-order valence-corrected chi connectivity index (χ3v) is 6.86. The van der Waals surface area contributed by atoms with Gasteiger partial charge in [0.15, 0.2) is 0 Å². The number of anilines is 1. The zero-order chi connectivity index (χ0) is 21.4. The Hall–Kier alpha value is -3.18. The number of likely N-dealkylation sites (N-methyl/N-ethyl adjacent to an activating group) is 1. The smallest absolute Gasteiger partial charge is 0.227 e. The Morgan fingerprint density at radius 2 is 1.94 bits per heavy atom. The lowest BCUT2D eigenvalue weighted by Crippen LogP contribution is -2.48. The molecule has 2 aromatic carbocycles. The number of likely N-dealkylation sites (tertiary alicyclic amines) is 1. The fraction of sp³-hybridized carbons (Fsp3) is 0.308. The molecule has 3 heterocycles. The van der Waals surface area contributed by atoms with Crippen molar-refractivity contribution in [3.8, 4) is 11.1 Å². The lowest BCUT2D eigenvalue weighted by Gasteiger charge is -2.44. The van der Waals surface area contributed by atoms with Gasteiger partial charge in [0, 0.05) is 37.6 Å². The van der Waals surface area contributed by atoms with Crippen LogP contribution >= 0.6 is 0 Å². The number of carbonyl (C=O) groups is 1. The highest BCUT2D eigenvalue weighted by Gasteiger charge is 2.47. The van der Waals surface area contributed by atoms with Gasteiger partial charge in [0.1, 0.15) is 0 Å². The molecule has 3 atom stereocenters. The molecule has 3 aromatic rings. The number of hydrogen-bond acceptors (Lipinski definition) is 4. The van der Waals surface area contributed by atoms with Crippen molar-refractivity contribution in [2.45, 2.75) is 24.9 Å². The van der Waals surface area contributed by atoms with Gasteiger partial charge in [0.25, 0.3) is 0 Å². The van der Waals surface area contributed by atoms with E-state index in [4.69, 9.17) is 0 Å². The minimum Gasteiger partial charge on any atom is -0.394 e. The lowest BCUT2D eigenvalue weighted by atomic mass is 9.81. The van der Waals surface area contributed by atoms with Gasteiger partial charge in [-0.2, -0.15) is 0 Å². The van der Waals surface area contributed by atoms with E-state index >= 15 is 0 Å². The van der Waals surface area contributed by atoms with E-state index in [1.807, 2.05) is 35.2 Å². The maximum atomic E-state index is 13.3. The van der Waals surface area contributed by atoms with Gasteiger partial charge >= 0.3 is 0 Å². The van der Waals surface area contributed by atoms with Crippen LogP contribution in [0.15, 0.2) is 73.1 Å². The van der Waals surface area contributed by atoms with E-state index in [1.54, 1.807) is 12.4 Å². The number of aliphatic hydroxyl groups is 1. The van der Waals surface area contributed by atoms with Crippen molar-refractivity contribution in [2.75, 3.05) is 25.1 Å². The molecule has 5 rings (SSSR count). The molecule has 1 N–H and O–H groups in total. The number of hydrogen-bond donors (Lipinski definition) is 1. The summed E-state index contributed by atoms with van der Waals surface area (Å²) in [4.78, 5) is 21.7. The number of carbonyl (C=O) groups excluding carboxylic acids is 1. The van der Waals surface area contributed by atoms with Crippen molar-refractivity contribution < 1.29 is 9.90 Å². The SMILES string of the molecule is CN1c2ccc(-c3ccccc3)cc2[C@H]2[C@H](CCN2C(=O)Cc2cccnc2)[C@H]1CO. The lowest BCUT2D eigenvalue weighted by molar-refractivity contribution is -0.132. The Kier molecular flexibility index (Phi) is 5.20. The van der Waals surface area contributed by atoms with Crippen LogP contribution in [0.5, 0.6) is 0 Å². The van der Waals surface area contributed by atoms with Crippen LogP contribution < -0.4 is 4.90 Å². The highest BCUT2D eigenvalue weighted by Crippen LogP contribution is 2.49. The Morgan fingerprint density at radius 1 is 1.10 bits per heavy atom. The summed E-state index contributed by atoms with van der Waals surface area (Å²) in [6.07, 6.45) is 4.74. The molecule has 1 fully saturated rings. The largest absolute Gasteiger partial charge is 0.394 e. The summed E-state index contributed by atoms with van der Waals surface area (Å²) in [6, 6.07) is 20.7. The molecule has 1 amide bonds. The number of rotatable bonds is 4. The second-order valence-corrected chi connectivity index (χ2v) is 8.52. The Labute approximate surface area is 183 Å². The van der Waals surface area contributed by atoms with Gasteiger partial charge in [-0.05, 0) is 46.9 Å². The molecule has 0 saturated carbocycles. The number of benzene rings is 2. The van der Waals surface area contributed by atoms with E-state index in [9.17, 15) is 9.90 Å². The second kappa shape index (κ2) is 8.16. The number of nitrogens with zero attached hydrogens (tertiary/aromatic N) is 3. The van der Waals surface area contributed by atoms with Crippen LogP contribution in [0.1, 0.15) is 23.6 Å². The summed E-state index contributed by atoms with van der Waals surface area (Å²) < 4.78 is 0. The van der Waals surface area contributed by atoms with Crippen molar-refractivity contribution in [3.63, 3.8) is 0 Å². The standard InChI is InChI=1S/C26H27N3O2/c1-28-23-10-9-20(19-7-3-2-4-8-19)15-22(23)26-21(24(28)17-30)11-13-29(26)25(31)14-18-6-5-12-27-16-18/h2-10,12,15-16,21,24,26,30H,11,13-14,17H2,1H3/t21-,24-,26-/m1/s1. The average Bonchev–Trinajstić information content (AvgIpc) is 3.26. The topological polar surface area (TPSA) is 56.7 Å². The molecule has 2 aliphatic rings. The van der Waals surface area contributed by atoms with Gasteiger partial charge in [-0.25, -0.2) is 0 Å². The maximum Gasteiger partial charge on any atom is 0.227 e. The van der Waals surface area contributed by atoms with Crippen LogP contribution in [-0.2, 0) is 11.2 Å². The van der Waals surface area contributed by atoms with Crippen molar-refractivity contribution in [1.82, 2.24) is 9.88 Å². The van der Waals surface area contributed by atoms with Crippen LogP contribution in [0.4, 0.5) is 5.69 Å². The Morgan fingerprint density at radius 3 is 2.68 bits per heavy atom. The first-order valence-electron chi connectivity index (χ1n) is 10.9. The van der Waals surface area contributed by atoms with Gasteiger partial charge in [0.2, 0.25) is 5.91 Å². The monoisotopic (exact) mass is 413 g/mol. The number of aliphatic hydroxyl groups excluding tert-OH is 1. The van der Waals surface area contributed by atoms with Gasteiger partial charge in [-0.3, -0.25) is 9.78 Å². The Bertz CT molecular complexity index is 1070. The van der Waals surface area contributed by atoms with E-state index in [1.165, 1.54) is 11.1 Å². The summed E-state index contributed by atoms with van der Waals surface area (Å²) in [5.41, 5.74) is 5.53. The molecular weight excluding hydrogens is 386 g/mol. The van der Waals surface area contributed by atoms with E-state index < -0.39 is 0 Å². The van der Waals surface area contributed by atoms with Crippen molar-refractivity contribution in [1.29, 1.82) is 0 Å². The molecule has 0 unspecified atom stereocenters. The minimum absolute atomic E-state index is 0.0104. The quantitative estimate of drug-likeness (QED) is 0.709. The predicted molar refractivity (Wildman–Crippen MR) is 122 cm³/mol. The number of aromatic nitrogens is 1. The first-order valence-corrected chi connectivity index (χ1v) is 10.9. The van der Waals surface area contributed by atoms with Crippen LogP contribution in [-0.4, -0.2) is 47.1 Å². The zero-order valence-corrected chi connectivity index (χ0v) is 17.7. The molecule has 5 heteroatoms. The molecule has 158 valence electrons. The molecule has 0 spiro atoms. The molecular formula is C26H27N3O2. The normalized spacial score (nSPS) is 22.2. The zero-order valence-electron chi connectivity index (χ0n) is 17.7. The maximum absolute atomic E-state index is 13.3. The average molecular weight is 414 g/mol. The predicted octanol–water partition coefficient (Wildman–Crippen LogP) is 3.69. The van der Waals surface area contributed by atoms with Gasteiger partial charge in [-0.15, -0.1) is 0 Å². The molecule has 1 aromatic heterocycles. The highest BCUT2D eigenvalue weighted by atomic mass is 16.3. The third-order valence-electron chi connectivity index (χ3n) is 6.86. The molecule has 0 aliphatic carbocycles. The molecule has 31 heavy (non-hydrogen) atoms. The highest BCUT2D eigenvalue weighted by molar-refractivity contribution is 5.81. The molecule has 1 saturated heterocycles. The van der Waals surface area contributed by atoms with E-state index in [0.29, 0.717) is 13.0 Å². The van der Waals surface area contributed by atoms with Crippen molar-refractivity contribution in [3.05, 3.63) is 84.2 Å². The van der Waals surface area contributed by atoms with E-state index in [0.717, 1.165) is 23.2 Å². The van der Waals surface area contributed by atoms with Crippen LogP contribution in [0.25, 0.3) is 11.1 Å². The van der Waals surface area contributed by atoms with Gasteiger partial charge in [-0.1, -0.05) is 42.5 Å². The summed E-state index contributed by atoms with van der Waals surface area (Å²) in [7, 11) is 2.05. The summed E-state index contributed by atoms with van der Waals surface area (Å²) in [6.45, 7) is 0.802. The van der Waals surface area contributed by atoms with Crippen LogP contribution in [0.3, 0.4) is 0 Å². The number of amides is 1. The molecule has 5 nitrogen and oxygen atoms in total. The fourth-order valence-electron chi connectivity index (χ4n) is 5.32. The van der Waals surface area contributed by atoms with E-state index in [2.05, 4.69) is 47.3 Å². The second-order valence-electron chi connectivity index (χ2n) is 8.52. The van der Waals surface area contributed by atoms with Crippen molar-refractivity contribution in [2.24, 2.45) is 5.92 Å². The first-order chi connectivity index (χ1) is 15.2. The van der Waals surface area contributed by atoms with Crippen LogP contribution in [0, 0.1) is 5.92 Å².